The van der Waals surface area contributed by atoms with Gasteiger partial charge in [-0.05, 0) is 31.9 Å². The molecule has 0 spiro atoms. The topological polar surface area (TPSA) is 72.6 Å². The first-order valence-electron chi connectivity index (χ1n) is 7.60. The van der Waals surface area contributed by atoms with Gasteiger partial charge < -0.3 is 14.1 Å². The lowest BCUT2D eigenvalue weighted by molar-refractivity contribution is -0.156. The molecule has 1 aliphatic heterocycles. The van der Waals surface area contributed by atoms with Crippen molar-refractivity contribution in [2.75, 3.05) is 18.8 Å². The van der Waals surface area contributed by atoms with Crippen LogP contribution in [0.2, 0.25) is 0 Å². The highest BCUT2D eigenvalue weighted by atomic mass is 32.2. The predicted molar refractivity (Wildman–Crippen MR) is 86.1 cm³/mol. The second kappa shape index (κ2) is 7.04. The van der Waals surface area contributed by atoms with E-state index in [2.05, 4.69) is 4.98 Å². The van der Waals surface area contributed by atoms with Gasteiger partial charge in [0.15, 0.2) is 11.7 Å². The molecule has 7 heteroatoms. The van der Waals surface area contributed by atoms with Crippen LogP contribution >= 0.6 is 11.8 Å². The smallest absolute Gasteiger partial charge is 0.317 e. The summed E-state index contributed by atoms with van der Waals surface area (Å²) in [5, 5.41) is 0.418. The van der Waals surface area contributed by atoms with Crippen molar-refractivity contribution in [3.05, 3.63) is 24.3 Å². The van der Waals surface area contributed by atoms with E-state index in [1.54, 1.807) is 11.8 Å². The van der Waals surface area contributed by atoms with Crippen molar-refractivity contribution >= 4 is 34.7 Å². The number of carbonyl (C=O) groups excluding carboxylic acids is 2. The lowest BCUT2D eigenvalue weighted by atomic mass is 10.3. The highest BCUT2D eigenvalue weighted by Gasteiger charge is 2.26. The minimum absolute atomic E-state index is 0.0600. The van der Waals surface area contributed by atoms with Gasteiger partial charge in [0.1, 0.15) is 11.3 Å². The number of hydrogen-bond acceptors (Lipinski definition) is 6. The van der Waals surface area contributed by atoms with E-state index in [9.17, 15) is 9.59 Å². The fourth-order valence-corrected chi connectivity index (χ4v) is 3.13. The number of rotatable bonds is 5. The van der Waals surface area contributed by atoms with Crippen molar-refractivity contribution in [1.82, 2.24) is 9.88 Å². The quantitative estimate of drug-likeness (QED) is 0.618. The van der Waals surface area contributed by atoms with Gasteiger partial charge in [-0.15, -0.1) is 0 Å². The number of likely N-dealkylation sites (tertiary alicyclic amines) is 1. The predicted octanol–water partition coefficient (Wildman–Crippen LogP) is 2.47. The van der Waals surface area contributed by atoms with Gasteiger partial charge in [-0.25, -0.2) is 4.98 Å². The van der Waals surface area contributed by atoms with Crippen LogP contribution in [0.15, 0.2) is 33.9 Å². The Morgan fingerprint density at radius 3 is 2.83 bits per heavy atom. The molecule has 1 aliphatic rings. The van der Waals surface area contributed by atoms with Crippen LogP contribution in [0, 0.1) is 0 Å². The van der Waals surface area contributed by atoms with Crippen LogP contribution in [0.1, 0.15) is 19.8 Å². The Labute approximate surface area is 138 Å². The van der Waals surface area contributed by atoms with Gasteiger partial charge in [0.05, 0.1) is 0 Å². The highest BCUT2D eigenvalue weighted by Crippen LogP contribution is 2.23. The molecule has 1 saturated heterocycles. The summed E-state index contributed by atoms with van der Waals surface area (Å²) in [5.41, 5.74) is 1.43. The Bertz CT molecular complexity index is 676. The van der Waals surface area contributed by atoms with E-state index in [0.717, 1.165) is 43.2 Å². The highest BCUT2D eigenvalue weighted by molar-refractivity contribution is 7.99. The van der Waals surface area contributed by atoms with Crippen LogP contribution in [0.3, 0.4) is 0 Å². The molecule has 1 atom stereocenters. The summed E-state index contributed by atoms with van der Waals surface area (Å²) >= 11 is 1.16. The maximum Gasteiger partial charge on any atom is 0.317 e. The second-order valence-electron chi connectivity index (χ2n) is 5.40. The van der Waals surface area contributed by atoms with Crippen molar-refractivity contribution in [3.63, 3.8) is 0 Å². The first kappa shape index (κ1) is 15.9. The van der Waals surface area contributed by atoms with Gasteiger partial charge in [-0.1, -0.05) is 23.9 Å². The third-order valence-corrected chi connectivity index (χ3v) is 4.46. The fraction of sp³-hybridized carbons (Fsp3) is 0.438. The van der Waals surface area contributed by atoms with Crippen molar-refractivity contribution in [2.24, 2.45) is 0 Å². The molecule has 122 valence electrons. The Balaban J connectivity index is 1.49. The van der Waals surface area contributed by atoms with Gasteiger partial charge in [0.25, 0.3) is 11.1 Å². The van der Waals surface area contributed by atoms with E-state index in [1.165, 1.54) is 0 Å². The number of benzene rings is 1. The molecule has 0 aliphatic carbocycles. The molecule has 0 radical (unpaired) electrons. The summed E-state index contributed by atoms with van der Waals surface area (Å²) in [7, 11) is 0. The number of amides is 1. The average molecular weight is 334 g/mol. The van der Waals surface area contributed by atoms with Gasteiger partial charge in [-0.3, -0.25) is 9.59 Å². The average Bonchev–Trinajstić information content (AvgIpc) is 3.21. The fourth-order valence-electron chi connectivity index (χ4n) is 2.51. The number of ether oxygens (including phenoxy) is 1. The minimum Gasteiger partial charge on any atom is -0.452 e. The number of esters is 1. The SMILES string of the molecule is C[C@H](OC(=O)CSc1nc2ccccc2o1)C(=O)N1CCCC1. The van der Waals surface area contributed by atoms with Crippen LogP contribution < -0.4 is 0 Å². The van der Waals surface area contributed by atoms with E-state index in [0.29, 0.717) is 10.8 Å². The third-order valence-electron chi connectivity index (χ3n) is 3.66. The van der Waals surface area contributed by atoms with Crippen LogP contribution in [-0.2, 0) is 14.3 Å². The molecule has 2 aromatic rings. The normalized spacial score (nSPS) is 15.8. The van der Waals surface area contributed by atoms with Gasteiger partial charge in [-0.2, -0.15) is 0 Å². The molecule has 0 unspecified atom stereocenters. The number of aromatic nitrogens is 1. The summed E-state index contributed by atoms with van der Waals surface area (Å²) in [4.78, 5) is 30.0. The van der Waals surface area contributed by atoms with E-state index < -0.39 is 12.1 Å². The molecule has 0 bridgehead atoms. The summed E-state index contributed by atoms with van der Waals surface area (Å²) in [5.74, 6) is -0.509. The number of nitrogens with zero attached hydrogens (tertiary/aromatic N) is 2. The van der Waals surface area contributed by atoms with Crippen LogP contribution in [-0.4, -0.2) is 46.7 Å². The minimum atomic E-state index is -0.746. The molecule has 3 rings (SSSR count). The molecule has 1 aromatic carbocycles. The van der Waals surface area contributed by atoms with Crippen molar-refractivity contribution in [1.29, 1.82) is 0 Å². The third kappa shape index (κ3) is 3.85. The number of thioether (sulfide) groups is 1. The molecule has 0 N–H and O–H groups in total. The molecule has 6 nitrogen and oxygen atoms in total. The van der Waals surface area contributed by atoms with Crippen LogP contribution in [0.5, 0.6) is 0 Å². The molecule has 1 fully saturated rings. The van der Waals surface area contributed by atoms with Crippen LogP contribution in [0.25, 0.3) is 11.1 Å². The van der Waals surface area contributed by atoms with E-state index in [4.69, 9.17) is 9.15 Å². The first-order valence-corrected chi connectivity index (χ1v) is 8.58. The zero-order chi connectivity index (χ0) is 16.2. The van der Waals surface area contributed by atoms with Crippen LogP contribution in [0.4, 0.5) is 0 Å². The van der Waals surface area contributed by atoms with Gasteiger partial charge in [0.2, 0.25) is 0 Å². The zero-order valence-corrected chi connectivity index (χ0v) is 13.7. The standard InChI is InChI=1S/C16H18N2O4S/c1-11(15(20)18-8-4-5-9-18)21-14(19)10-23-16-17-12-6-2-3-7-13(12)22-16/h2-3,6-7,11H,4-5,8-10H2,1H3/t11-/m0/s1. The lowest BCUT2D eigenvalue weighted by Crippen LogP contribution is -2.38. The summed E-state index contributed by atoms with van der Waals surface area (Å²) < 4.78 is 10.7. The molecule has 1 amide bonds. The first-order chi connectivity index (χ1) is 11.1. The Morgan fingerprint density at radius 2 is 2.09 bits per heavy atom. The molecule has 2 heterocycles. The van der Waals surface area contributed by atoms with Gasteiger partial charge in [0, 0.05) is 13.1 Å². The van der Waals surface area contributed by atoms with Crippen molar-refractivity contribution in [2.45, 2.75) is 31.1 Å². The Kier molecular flexibility index (Phi) is 4.85. The van der Waals surface area contributed by atoms with E-state index >= 15 is 0 Å². The molecule has 23 heavy (non-hydrogen) atoms. The number of para-hydroxylation sites is 2. The van der Waals surface area contributed by atoms with E-state index in [1.807, 2.05) is 24.3 Å². The summed E-state index contributed by atoms with van der Waals surface area (Å²) in [6.07, 6.45) is 1.28. The summed E-state index contributed by atoms with van der Waals surface area (Å²) in [6.45, 7) is 3.11. The number of hydrogen-bond donors (Lipinski definition) is 0. The Hall–Kier alpha value is -2.02. The summed E-state index contributed by atoms with van der Waals surface area (Å²) in [6, 6.07) is 7.40. The van der Waals surface area contributed by atoms with Gasteiger partial charge >= 0.3 is 5.97 Å². The molecule has 1 aromatic heterocycles. The zero-order valence-electron chi connectivity index (χ0n) is 12.9. The lowest BCUT2D eigenvalue weighted by Gasteiger charge is -2.20. The Morgan fingerprint density at radius 1 is 1.35 bits per heavy atom. The van der Waals surface area contributed by atoms with Crippen molar-refractivity contribution < 1.29 is 18.7 Å². The number of carbonyl (C=O) groups is 2. The van der Waals surface area contributed by atoms with E-state index in [-0.39, 0.29) is 11.7 Å². The molecule has 0 saturated carbocycles. The van der Waals surface area contributed by atoms with Crippen molar-refractivity contribution in [3.8, 4) is 0 Å². The monoisotopic (exact) mass is 334 g/mol. The second-order valence-corrected chi connectivity index (χ2v) is 6.33. The maximum absolute atomic E-state index is 12.1. The molecular formula is C16H18N2O4S. The molecular weight excluding hydrogens is 316 g/mol. The number of fused-ring (bicyclic) bond motifs is 1. The largest absolute Gasteiger partial charge is 0.452 e. The maximum atomic E-state index is 12.1. The number of oxazole rings is 1.